The number of carbonyl (C=O) groups is 1. The number of hydrogen-bond donors (Lipinski definition) is 2. The van der Waals surface area contributed by atoms with Gasteiger partial charge in [-0.25, -0.2) is 4.98 Å². The fourth-order valence-electron chi connectivity index (χ4n) is 1.74. The quantitative estimate of drug-likeness (QED) is 0.911. The highest BCUT2D eigenvalue weighted by Gasteiger charge is 2.29. The van der Waals surface area contributed by atoms with Gasteiger partial charge in [0.15, 0.2) is 0 Å². The van der Waals surface area contributed by atoms with E-state index in [4.69, 9.17) is 5.73 Å². The molecule has 0 spiro atoms. The van der Waals surface area contributed by atoms with Crippen molar-refractivity contribution in [2.45, 2.75) is 12.7 Å². The molecule has 1 aromatic carbocycles. The van der Waals surface area contributed by atoms with Crippen molar-refractivity contribution in [3.05, 3.63) is 59.3 Å². The van der Waals surface area contributed by atoms with Crippen LogP contribution in [-0.2, 0) is 12.7 Å². The summed E-state index contributed by atoms with van der Waals surface area (Å²) in [6.45, 7) is 0.232. The Labute approximate surface area is 118 Å². The Bertz CT molecular complexity index is 639. The lowest BCUT2D eigenvalue weighted by Crippen LogP contribution is -2.15. The Morgan fingerprint density at radius 3 is 2.43 bits per heavy atom. The predicted octanol–water partition coefficient (Wildman–Crippen LogP) is 2.81. The molecule has 0 fully saturated rings. The van der Waals surface area contributed by atoms with Crippen molar-refractivity contribution < 1.29 is 18.0 Å². The third kappa shape index (κ3) is 3.71. The number of halogens is 3. The molecule has 1 aromatic heterocycles. The molecule has 1 heterocycles. The van der Waals surface area contributed by atoms with Gasteiger partial charge >= 0.3 is 6.18 Å². The number of hydrogen-bond acceptors (Lipinski definition) is 3. The summed E-state index contributed by atoms with van der Waals surface area (Å²) in [5, 5.41) is 2.88. The maximum atomic E-state index is 12.4. The monoisotopic (exact) mass is 295 g/mol. The SMILES string of the molecule is NC(=O)c1cccnc1NCc1ccc(C(F)(F)F)cc1. The second-order valence-electron chi connectivity index (χ2n) is 4.31. The van der Waals surface area contributed by atoms with E-state index >= 15 is 0 Å². The van der Waals surface area contributed by atoms with Crippen molar-refractivity contribution in [1.82, 2.24) is 4.98 Å². The van der Waals surface area contributed by atoms with E-state index < -0.39 is 17.6 Å². The van der Waals surface area contributed by atoms with Gasteiger partial charge in [-0.15, -0.1) is 0 Å². The molecule has 4 nitrogen and oxygen atoms in total. The number of pyridine rings is 1. The fourth-order valence-corrected chi connectivity index (χ4v) is 1.74. The van der Waals surface area contributed by atoms with Gasteiger partial charge in [0.1, 0.15) is 5.82 Å². The van der Waals surface area contributed by atoms with E-state index in [1.165, 1.54) is 24.4 Å². The van der Waals surface area contributed by atoms with Gasteiger partial charge in [-0.2, -0.15) is 13.2 Å². The Morgan fingerprint density at radius 1 is 1.19 bits per heavy atom. The number of aromatic nitrogens is 1. The summed E-state index contributed by atoms with van der Waals surface area (Å²) in [6.07, 6.45) is -2.87. The number of benzene rings is 1. The molecule has 0 radical (unpaired) electrons. The zero-order chi connectivity index (χ0) is 15.5. The first-order chi connectivity index (χ1) is 9.88. The van der Waals surface area contributed by atoms with Crippen LogP contribution in [0.4, 0.5) is 19.0 Å². The molecule has 0 unspecified atom stereocenters. The van der Waals surface area contributed by atoms with Crippen LogP contribution in [0.2, 0.25) is 0 Å². The van der Waals surface area contributed by atoms with Gasteiger partial charge in [0.2, 0.25) is 0 Å². The maximum Gasteiger partial charge on any atom is 0.416 e. The lowest BCUT2D eigenvalue weighted by molar-refractivity contribution is -0.137. The first-order valence-electron chi connectivity index (χ1n) is 6.03. The lowest BCUT2D eigenvalue weighted by atomic mass is 10.1. The number of nitrogens with zero attached hydrogens (tertiary/aromatic N) is 1. The Morgan fingerprint density at radius 2 is 1.86 bits per heavy atom. The molecule has 0 bridgehead atoms. The van der Waals surface area contributed by atoms with E-state index in [0.717, 1.165) is 12.1 Å². The largest absolute Gasteiger partial charge is 0.416 e. The van der Waals surface area contributed by atoms with Crippen LogP contribution >= 0.6 is 0 Å². The topological polar surface area (TPSA) is 68.0 Å². The lowest BCUT2D eigenvalue weighted by Gasteiger charge is -2.10. The first kappa shape index (κ1) is 14.8. The van der Waals surface area contributed by atoms with Gasteiger partial charge in [-0.1, -0.05) is 12.1 Å². The number of carbonyl (C=O) groups excluding carboxylic acids is 1. The fraction of sp³-hybridized carbons (Fsp3) is 0.143. The van der Waals surface area contributed by atoms with E-state index in [1.807, 2.05) is 0 Å². The molecule has 0 aliphatic heterocycles. The second-order valence-corrected chi connectivity index (χ2v) is 4.31. The Hall–Kier alpha value is -2.57. The van der Waals surface area contributed by atoms with E-state index in [2.05, 4.69) is 10.3 Å². The van der Waals surface area contributed by atoms with Crippen LogP contribution < -0.4 is 11.1 Å². The normalized spacial score (nSPS) is 11.2. The minimum absolute atomic E-state index is 0.226. The van der Waals surface area contributed by atoms with Crippen LogP contribution in [0, 0.1) is 0 Å². The van der Waals surface area contributed by atoms with Crippen LogP contribution in [0.25, 0.3) is 0 Å². The molecular weight excluding hydrogens is 283 g/mol. The number of alkyl halides is 3. The van der Waals surface area contributed by atoms with Gasteiger partial charge in [0, 0.05) is 12.7 Å². The smallest absolute Gasteiger partial charge is 0.365 e. The predicted molar refractivity (Wildman–Crippen MR) is 71.5 cm³/mol. The van der Waals surface area contributed by atoms with E-state index in [-0.39, 0.29) is 12.1 Å². The number of rotatable bonds is 4. The van der Waals surface area contributed by atoms with Crippen molar-refractivity contribution in [3.8, 4) is 0 Å². The molecule has 2 aromatic rings. The van der Waals surface area contributed by atoms with Crippen LogP contribution in [0.1, 0.15) is 21.5 Å². The first-order valence-corrected chi connectivity index (χ1v) is 6.03. The highest BCUT2D eigenvalue weighted by molar-refractivity contribution is 5.97. The number of anilines is 1. The summed E-state index contributed by atoms with van der Waals surface area (Å²) < 4.78 is 37.3. The van der Waals surface area contributed by atoms with Crippen molar-refractivity contribution in [3.63, 3.8) is 0 Å². The van der Waals surface area contributed by atoms with Gasteiger partial charge in [-0.05, 0) is 29.8 Å². The average Bonchev–Trinajstić information content (AvgIpc) is 2.45. The molecule has 0 saturated carbocycles. The molecule has 2 rings (SSSR count). The number of primary amides is 1. The van der Waals surface area contributed by atoms with E-state index in [0.29, 0.717) is 11.4 Å². The average molecular weight is 295 g/mol. The second kappa shape index (κ2) is 5.82. The van der Waals surface area contributed by atoms with E-state index in [1.54, 1.807) is 6.07 Å². The van der Waals surface area contributed by atoms with Crippen molar-refractivity contribution >= 4 is 11.7 Å². The summed E-state index contributed by atoms with van der Waals surface area (Å²) in [6, 6.07) is 7.83. The third-order valence-electron chi connectivity index (χ3n) is 2.81. The van der Waals surface area contributed by atoms with Gasteiger partial charge in [0.25, 0.3) is 5.91 Å². The third-order valence-corrected chi connectivity index (χ3v) is 2.81. The molecule has 0 atom stereocenters. The van der Waals surface area contributed by atoms with Crippen molar-refractivity contribution in [1.29, 1.82) is 0 Å². The molecule has 0 aliphatic rings. The zero-order valence-corrected chi connectivity index (χ0v) is 10.8. The summed E-state index contributed by atoms with van der Waals surface area (Å²) in [7, 11) is 0. The van der Waals surface area contributed by atoms with Gasteiger partial charge in [-0.3, -0.25) is 4.79 Å². The molecule has 21 heavy (non-hydrogen) atoms. The van der Waals surface area contributed by atoms with Gasteiger partial charge < -0.3 is 11.1 Å². The Balaban J connectivity index is 2.09. The molecule has 110 valence electrons. The minimum atomic E-state index is -4.36. The molecule has 0 saturated heterocycles. The number of nitrogens with two attached hydrogens (primary N) is 1. The van der Waals surface area contributed by atoms with Crippen LogP contribution in [-0.4, -0.2) is 10.9 Å². The molecule has 0 aliphatic carbocycles. The highest BCUT2D eigenvalue weighted by Crippen LogP contribution is 2.29. The molecular formula is C14H12F3N3O. The maximum absolute atomic E-state index is 12.4. The summed E-state index contributed by atoms with van der Waals surface area (Å²) in [5.41, 5.74) is 5.36. The number of nitrogens with one attached hydrogen (secondary N) is 1. The summed E-state index contributed by atoms with van der Waals surface area (Å²) in [4.78, 5) is 15.2. The number of amides is 1. The highest BCUT2D eigenvalue weighted by atomic mass is 19.4. The van der Waals surface area contributed by atoms with E-state index in [9.17, 15) is 18.0 Å². The van der Waals surface area contributed by atoms with Crippen molar-refractivity contribution in [2.75, 3.05) is 5.32 Å². The van der Waals surface area contributed by atoms with Crippen LogP contribution in [0.3, 0.4) is 0 Å². The summed E-state index contributed by atoms with van der Waals surface area (Å²) >= 11 is 0. The minimum Gasteiger partial charge on any atom is -0.365 e. The zero-order valence-electron chi connectivity index (χ0n) is 10.8. The Kier molecular flexibility index (Phi) is 4.11. The van der Waals surface area contributed by atoms with Gasteiger partial charge in [0.05, 0.1) is 11.1 Å². The standard InChI is InChI=1S/C14H12F3N3O/c15-14(16,17)10-5-3-9(4-6-10)8-20-13-11(12(18)21)2-1-7-19-13/h1-7H,8H2,(H2,18,21)(H,19,20). The van der Waals surface area contributed by atoms with Crippen molar-refractivity contribution in [2.24, 2.45) is 5.73 Å². The van der Waals surface area contributed by atoms with Crippen LogP contribution in [0.5, 0.6) is 0 Å². The summed E-state index contributed by atoms with van der Waals surface area (Å²) in [5.74, 6) is -0.331. The van der Waals surface area contributed by atoms with Crippen LogP contribution in [0.15, 0.2) is 42.6 Å². The molecule has 3 N–H and O–H groups in total. The molecule has 1 amide bonds. The molecule has 7 heteroatoms.